The highest BCUT2D eigenvalue weighted by Gasteiger charge is 2.31. The van der Waals surface area contributed by atoms with Crippen LogP contribution in [0.2, 0.25) is 0 Å². The third-order valence-corrected chi connectivity index (χ3v) is 7.34. The van der Waals surface area contributed by atoms with Gasteiger partial charge in [0.2, 0.25) is 5.91 Å². The fourth-order valence-corrected chi connectivity index (χ4v) is 5.20. The number of hydrogen-bond acceptors (Lipinski definition) is 6. The van der Waals surface area contributed by atoms with Crippen molar-refractivity contribution in [2.45, 2.75) is 24.4 Å². The normalized spacial score (nSPS) is 13.9. The van der Waals surface area contributed by atoms with Gasteiger partial charge in [0.05, 0.1) is 27.4 Å². The van der Waals surface area contributed by atoms with Crippen LogP contribution in [0.15, 0.2) is 94.0 Å². The maximum Gasteiger partial charge on any atom is 0.416 e. The van der Waals surface area contributed by atoms with E-state index in [4.69, 9.17) is 0 Å². The van der Waals surface area contributed by atoms with Crippen LogP contribution in [-0.2, 0) is 21.0 Å². The molecule has 39 heavy (non-hydrogen) atoms. The van der Waals surface area contributed by atoms with E-state index in [0.717, 1.165) is 39.3 Å². The lowest BCUT2D eigenvalue weighted by atomic mass is 10.0. The SMILES string of the molecule is CC(=O)NN=C1CC=Nc2ccccc21.O=Cc1cn(S(=O)(=O)c2ccc(C(F)(F)F)cc2)c2ccccc12. The summed E-state index contributed by atoms with van der Waals surface area (Å²) in [6.07, 6.45) is -0.417. The van der Waals surface area contributed by atoms with Crippen LogP contribution in [0.25, 0.3) is 10.9 Å². The van der Waals surface area contributed by atoms with Gasteiger partial charge in [-0.05, 0) is 36.4 Å². The van der Waals surface area contributed by atoms with E-state index in [0.29, 0.717) is 30.2 Å². The van der Waals surface area contributed by atoms with Crippen molar-refractivity contribution in [3.63, 3.8) is 0 Å². The second-order valence-electron chi connectivity index (χ2n) is 8.30. The molecule has 0 radical (unpaired) electrons. The standard InChI is InChI=1S/C16H10F3NO3S.C11H11N3O/c17-16(18,19)12-5-7-13(8-6-12)24(22,23)20-9-11(10-21)14-3-1-2-4-15(14)20;1-8(15)13-14-11-6-7-12-10-5-3-2-4-9(10)11/h1-10H;2-5,7H,6H2,1H3,(H,13,15). The summed E-state index contributed by atoms with van der Waals surface area (Å²) in [7, 11) is -4.13. The lowest BCUT2D eigenvalue weighted by Gasteiger charge is -2.11. The average molecular weight is 555 g/mol. The number of fused-ring (bicyclic) bond motifs is 2. The summed E-state index contributed by atoms with van der Waals surface area (Å²) >= 11 is 0. The van der Waals surface area contributed by atoms with Gasteiger partial charge in [-0.15, -0.1) is 0 Å². The lowest BCUT2D eigenvalue weighted by Crippen LogP contribution is -2.17. The van der Waals surface area contributed by atoms with Crippen LogP contribution in [0.1, 0.15) is 34.8 Å². The van der Waals surface area contributed by atoms with Crippen LogP contribution in [0.5, 0.6) is 0 Å². The third kappa shape index (κ3) is 5.96. The summed E-state index contributed by atoms with van der Waals surface area (Å²) in [5.41, 5.74) is 4.68. The minimum Gasteiger partial charge on any atom is -0.298 e. The first-order valence-electron chi connectivity index (χ1n) is 11.5. The molecule has 3 aromatic carbocycles. The van der Waals surface area contributed by atoms with Gasteiger partial charge in [-0.25, -0.2) is 17.8 Å². The average Bonchev–Trinajstić information content (AvgIpc) is 3.31. The summed E-state index contributed by atoms with van der Waals surface area (Å²) in [6, 6.07) is 17.3. The number of aliphatic imine (C=N–C) groups is 1. The zero-order valence-electron chi connectivity index (χ0n) is 20.4. The van der Waals surface area contributed by atoms with Gasteiger partial charge in [0.25, 0.3) is 10.0 Å². The molecular formula is C27H21F3N4O4S. The van der Waals surface area contributed by atoms with Gasteiger partial charge in [-0.2, -0.15) is 18.3 Å². The molecule has 1 aliphatic heterocycles. The molecule has 5 rings (SSSR count). The number of alkyl halides is 3. The molecule has 1 aromatic heterocycles. The monoisotopic (exact) mass is 554 g/mol. The van der Waals surface area contributed by atoms with E-state index in [2.05, 4.69) is 15.5 Å². The van der Waals surface area contributed by atoms with Crippen LogP contribution in [-0.4, -0.2) is 36.5 Å². The number of nitrogens with zero attached hydrogens (tertiary/aromatic N) is 3. The number of benzene rings is 3. The number of carbonyl (C=O) groups is 2. The first kappa shape index (κ1) is 27.5. The molecule has 0 spiro atoms. The van der Waals surface area contributed by atoms with Crippen molar-refractivity contribution in [3.05, 3.63) is 95.7 Å². The highest BCUT2D eigenvalue weighted by molar-refractivity contribution is 7.90. The smallest absolute Gasteiger partial charge is 0.298 e. The van der Waals surface area contributed by atoms with E-state index < -0.39 is 21.8 Å². The molecule has 4 aromatic rings. The van der Waals surface area contributed by atoms with E-state index in [-0.39, 0.29) is 21.9 Å². The molecule has 1 N–H and O–H groups in total. The molecule has 0 aliphatic carbocycles. The van der Waals surface area contributed by atoms with Gasteiger partial charge >= 0.3 is 6.18 Å². The predicted molar refractivity (Wildman–Crippen MR) is 141 cm³/mol. The van der Waals surface area contributed by atoms with E-state index in [9.17, 15) is 31.2 Å². The second kappa shape index (κ2) is 11.0. The molecular weight excluding hydrogens is 533 g/mol. The molecule has 8 nitrogen and oxygen atoms in total. The Balaban J connectivity index is 0.000000202. The third-order valence-electron chi connectivity index (χ3n) is 5.65. The van der Waals surface area contributed by atoms with E-state index in [1.165, 1.54) is 13.0 Å². The van der Waals surface area contributed by atoms with Crippen LogP contribution in [0, 0.1) is 0 Å². The van der Waals surface area contributed by atoms with Crippen molar-refractivity contribution in [1.29, 1.82) is 0 Å². The van der Waals surface area contributed by atoms with Crippen molar-refractivity contribution in [3.8, 4) is 0 Å². The zero-order chi connectivity index (χ0) is 28.2. The van der Waals surface area contributed by atoms with Gasteiger partial charge in [-0.3, -0.25) is 14.6 Å². The zero-order valence-corrected chi connectivity index (χ0v) is 21.2. The van der Waals surface area contributed by atoms with Crippen molar-refractivity contribution < 1.29 is 31.2 Å². The number of hydrogen-bond donors (Lipinski definition) is 1. The second-order valence-corrected chi connectivity index (χ2v) is 10.1. The van der Waals surface area contributed by atoms with Crippen molar-refractivity contribution >= 4 is 50.7 Å². The molecule has 0 atom stereocenters. The minimum atomic E-state index is -4.55. The molecule has 0 fully saturated rings. The number of amides is 1. The number of halogens is 3. The Kier molecular flexibility index (Phi) is 7.77. The molecule has 2 heterocycles. The van der Waals surface area contributed by atoms with Crippen molar-refractivity contribution in [1.82, 2.24) is 9.40 Å². The Morgan fingerprint density at radius 3 is 2.36 bits per heavy atom. The van der Waals surface area contributed by atoms with Gasteiger partial charge in [0.15, 0.2) is 6.29 Å². The number of hydrazone groups is 1. The van der Waals surface area contributed by atoms with Gasteiger partial charge in [0.1, 0.15) is 0 Å². The predicted octanol–water partition coefficient (Wildman–Crippen LogP) is 5.34. The summed E-state index contributed by atoms with van der Waals surface area (Å²) in [5, 5.41) is 4.50. The van der Waals surface area contributed by atoms with Gasteiger partial charge in [0, 0.05) is 42.3 Å². The molecule has 200 valence electrons. The van der Waals surface area contributed by atoms with E-state index in [1.54, 1.807) is 24.4 Å². The van der Waals surface area contributed by atoms with E-state index >= 15 is 0 Å². The van der Waals surface area contributed by atoms with Gasteiger partial charge < -0.3 is 0 Å². The Labute approximate surface area is 221 Å². The number of para-hydroxylation sites is 2. The van der Waals surface area contributed by atoms with Gasteiger partial charge in [-0.1, -0.05) is 36.4 Å². The Morgan fingerprint density at radius 1 is 1.03 bits per heavy atom. The number of aromatic nitrogens is 1. The summed E-state index contributed by atoms with van der Waals surface area (Å²) < 4.78 is 64.1. The number of nitrogens with one attached hydrogen (secondary N) is 1. The largest absolute Gasteiger partial charge is 0.416 e. The fraction of sp³-hybridized carbons (Fsp3) is 0.111. The summed E-state index contributed by atoms with van der Waals surface area (Å²) in [4.78, 5) is 25.8. The summed E-state index contributed by atoms with van der Waals surface area (Å²) in [6.45, 7) is 1.44. The topological polar surface area (TPSA) is 110 Å². The number of rotatable bonds is 4. The van der Waals surface area contributed by atoms with Crippen LogP contribution >= 0.6 is 0 Å². The fourth-order valence-electron chi connectivity index (χ4n) is 3.82. The number of aldehydes is 1. The molecule has 0 unspecified atom stereocenters. The first-order valence-corrected chi connectivity index (χ1v) is 12.9. The molecule has 0 saturated carbocycles. The van der Waals surface area contributed by atoms with Crippen LogP contribution in [0.3, 0.4) is 0 Å². The molecule has 0 bridgehead atoms. The highest BCUT2D eigenvalue weighted by atomic mass is 32.2. The lowest BCUT2D eigenvalue weighted by molar-refractivity contribution is -0.137. The van der Waals surface area contributed by atoms with Crippen molar-refractivity contribution in [2.24, 2.45) is 10.1 Å². The molecule has 12 heteroatoms. The van der Waals surface area contributed by atoms with Crippen LogP contribution < -0.4 is 5.43 Å². The maximum absolute atomic E-state index is 12.7. The Bertz CT molecular complexity index is 1710. The first-order chi connectivity index (χ1) is 18.5. The Morgan fingerprint density at radius 2 is 1.69 bits per heavy atom. The van der Waals surface area contributed by atoms with E-state index in [1.807, 2.05) is 24.3 Å². The summed E-state index contributed by atoms with van der Waals surface area (Å²) in [5.74, 6) is -0.164. The molecule has 0 saturated heterocycles. The molecule has 1 aliphatic rings. The van der Waals surface area contributed by atoms with Crippen molar-refractivity contribution in [2.75, 3.05) is 0 Å². The van der Waals surface area contributed by atoms with Crippen LogP contribution in [0.4, 0.5) is 18.9 Å². The highest BCUT2D eigenvalue weighted by Crippen LogP contribution is 2.31. The minimum absolute atomic E-state index is 0.164. The quantitative estimate of drug-likeness (QED) is 0.271. The number of carbonyl (C=O) groups excluding carboxylic acids is 2. The Hall–Kier alpha value is -4.58. The maximum atomic E-state index is 12.7. The molecule has 1 amide bonds.